The van der Waals surface area contributed by atoms with E-state index in [0.29, 0.717) is 0 Å². The van der Waals surface area contributed by atoms with Crippen molar-refractivity contribution < 1.29 is 4.42 Å². The van der Waals surface area contributed by atoms with Crippen molar-refractivity contribution in [1.29, 1.82) is 0 Å². The minimum atomic E-state index is 0.918. The molecule has 0 fully saturated rings. The molecule has 0 saturated heterocycles. The Labute approximate surface area is 410 Å². The van der Waals surface area contributed by atoms with Gasteiger partial charge in [-0.15, -0.1) is 0 Å². The summed E-state index contributed by atoms with van der Waals surface area (Å²) in [5.74, 6) is 0. The molecule has 0 aliphatic heterocycles. The van der Waals surface area contributed by atoms with Gasteiger partial charge in [0.25, 0.3) is 0 Å². The fraction of sp³-hybridized carbons (Fsp3) is 0. The van der Waals surface area contributed by atoms with E-state index in [2.05, 4.69) is 255 Å². The maximum Gasteiger partial charge on any atom is 0.136 e. The van der Waals surface area contributed by atoms with E-state index in [1.165, 1.54) is 136 Å². The lowest BCUT2D eigenvalue weighted by Crippen LogP contribution is -1.92. The van der Waals surface area contributed by atoms with Crippen LogP contribution in [-0.4, -0.2) is 0 Å². The van der Waals surface area contributed by atoms with Crippen LogP contribution in [0.5, 0.6) is 0 Å². The third kappa shape index (κ3) is 6.00. The average molecular weight is 899 g/mol. The first kappa shape index (κ1) is 39.7. The first-order chi connectivity index (χ1) is 35.2. The third-order valence-electron chi connectivity index (χ3n) is 15.2. The van der Waals surface area contributed by atoms with Gasteiger partial charge in [-0.05, 0) is 156 Å². The predicted octanol–water partition coefficient (Wildman–Crippen LogP) is 20.0. The standard InChI is InChI=1S/C70H42O/c1-2-17-43(18-3-1)46-19-16-20-47(41-46)67-56-27-10-6-23-52(56)65(53-24-7-11-28-57(53)67)44-33-35-45(36-34-44)66-54-25-8-12-29-58(54)68(59-30-13-9-26-55(59)66)48-37-38-50-60-39-40-64-70(61-31-14-15-32-63(61)71-64)69(60)51-22-5-4-21-49(51)62(50)42-48/h1-42H. The second kappa shape index (κ2) is 15.6. The summed E-state index contributed by atoms with van der Waals surface area (Å²) < 4.78 is 6.41. The van der Waals surface area contributed by atoms with Crippen LogP contribution in [0.2, 0.25) is 0 Å². The Balaban J connectivity index is 0.901. The summed E-state index contributed by atoms with van der Waals surface area (Å²) in [4.78, 5) is 0. The Hall–Kier alpha value is -9.30. The van der Waals surface area contributed by atoms with Crippen molar-refractivity contribution in [1.82, 2.24) is 0 Å². The zero-order chi connectivity index (χ0) is 46.6. The molecule has 0 aliphatic carbocycles. The topological polar surface area (TPSA) is 13.1 Å². The van der Waals surface area contributed by atoms with Gasteiger partial charge < -0.3 is 4.42 Å². The molecular weight excluding hydrogens is 857 g/mol. The van der Waals surface area contributed by atoms with Gasteiger partial charge in [-0.3, -0.25) is 0 Å². The largest absolute Gasteiger partial charge is 0.456 e. The van der Waals surface area contributed by atoms with Crippen LogP contribution in [0.4, 0.5) is 0 Å². The molecule has 0 aliphatic rings. The van der Waals surface area contributed by atoms with E-state index < -0.39 is 0 Å². The minimum absolute atomic E-state index is 0.918. The van der Waals surface area contributed by atoms with Gasteiger partial charge in [0, 0.05) is 16.2 Å². The smallest absolute Gasteiger partial charge is 0.136 e. The average Bonchev–Trinajstić information content (AvgIpc) is 3.83. The first-order valence-electron chi connectivity index (χ1n) is 24.6. The maximum atomic E-state index is 6.41. The Morgan fingerprint density at radius 3 is 1.08 bits per heavy atom. The van der Waals surface area contributed by atoms with Crippen LogP contribution in [0.1, 0.15) is 0 Å². The highest BCUT2D eigenvalue weighted by atomic mass is 16.3. The van der Waals surface area contributed by atoms with Gasteiger partial charge in [-0.2, -0.15) is 0 Å². The molecule has 1 nitrogen and oxygen atoms in total. The Morgan fingerprint density at radius 1 is 0.169 bits per heavy atom. The summed E-state index contributed by atoms with van der Waals surface area (Å²) in [5.41, 5.74) is 14.1. The molecular formula is C70H42O. The van der Waals surface area contributed by atoms with Crippen LogP contribution in [0.25, 0.3) is 153 Å². The van der Waals surface area contributed by atoms with E-state index in [1.54, 1.807) is 0 Å². The third-order valence-corrected chi connectivity index (χ3v) is 15.2. The summed E-state index contributed by atoms with van der Waals surface area (Å²) >= 11 is 0. The molecule has 0 N–H and O–H groups in total. The summed E-state index contributed by atoms with van der Waals surface area (Å²) in [6.45, 7) is 0. The lowest BCUT2D eigenvalue weighted by molar-refractivity contribution is 0.669. The summed E-state index contributed by atoms with van der Waals surface area (Å²) in [5, 5.41) is 19.8. The SMILES string of the molecule is c1ccc(-c2cccc(-c3c4ccccc4c(-c4ccc(-c5c6ccccc6c(-c6ccc7c(c6)c6ccccc6c6c7ccc7oc8ccccc8c76)c6ccccc56)cc4)c4ccccc34)c2)cc1. The molecule has 15 aromatic rings. The first-order valence-corrected chi connectivity index (χ1v) is 24.6. The zero-order valence-corrected chi connectivity index (χ0v) is 38.7. The molecule has 0 unspecified atom stereocenters. The van der Waals surface area contributed by atoms with Crippen molar-refractivity contribution in [3.05, 3.63) is 255 Å². The molecule has 0 radical (unpaired) electrons. The van der Waals surface area contributed by atoms with Crippen molar-refractivity contribution in [2.75, 3.05) is 0 Å². The molecule has 1 heteroatoms. The van der Waals surface area contributed by atoms with Crippen LogP contribution < -0.4 is 0 Å². The number of hydrogen-bond acceptors (Lipinski definition) is 1. The summed E-state index contributed by atoms with van der Waals surface area (Å²) in [7, 11) is 0. The highest BCUT2D eigenvalue weighted by molar-refractivity contribution is 6.35. The fourth-order valence-electron chi connectivity index (χ4n) is 12.2. The quantitative estimate of drug-likeness (QED) is 0.124. The van der Waals surface area contributed by atoms with Crippen molar-refractivity contribution in [3.63, 3.8) is 0 Å². The number of furan rings is 1. The predicted molar refractivity (Wildman–Crippen MR) is 303 cm³/mol. The second-order valence-corrected chi connectivity index (χ2v) is 19.0. The van der Waals surface area contributed by atoms with Gasteiger partial charge in [0.1, 0.15) is 11.2 Å². The lowest BCUT2D eigenvalue weighted by atomic mass is 9.83. The lowest BCUT2D eigenvalue weighted by Gasteiger charge is -2.20. The molecule has 0 atom stereocenters. The molecule has 14 aromatic carbocycles. The molecule has 328 valence electrons. The molecule has 71 heavy (non-hydrogen) atoms. The van der Waals surface area contributed by atoms with Crippen LogP contribution in [0.15, 0.2) is 259 Å². The highest BCUT2D eigenvalue weighted by Crippen LogP contribution is 2.49. The number of para-hydroxylation sites is 1. The van der Waals surface area contributed by atoms with Gasteiger partial charge in [0.05, 0.1) is 0 Å². The normalized spacial score (nSPS) is 11.9. The highest BCUT2D eigenvalue weighted by Gasteiger charge is 2.21. The van der Waals surface area contributed by atoms with Crippen molar-refractivity contribution in [3.8, 4) is 55.6 Å². The van der Waals surface area contributed by atoms with Crippen LogP contribution >= 0.6 is 0 Å². The molecule has 0 amide bonds. The van der Waals surface area contributed by atoms with E-state index in [-0.39, 0.29) is 0 Å². The minimum Gasteiger partial charge on any atom is -0.456 e. The molecule has 0 bridgehead atoms. The summed E-state index contributed by atoms with van der Waals surface area (Å²) in [6.07, 6.45) is 0. The van der Waals surface area contributed by atoms with Crippen LogP contribution in [0.3, 0.4) is 0 Å². The number of fused-ring (bicyclic) bond motifs is 14. The van der Waals surface area contributed by atoms with E-state index in [1.807, 2.05) is 0 Å². The Bertz CT molecular complexity index is 4540. The van der Waals surface area contributed by atoms with Gasteiger partial charge in [0.15, 0.2) is 0 Å². The van der Waals surface area contributed by atoms with E-state index >= 15 is 0 Å². The van der Waals surface area contributed by atoms with Gasteiger partial charge >= 0.3 is 0 Å². The van der Waals surface area contributed by atoms with Crippen molar-refractivity contribution >= 4 is 97.3 Å². The molecule has 0 saturated carbocycles. The molecule has 0 spiro atoms. The maximum absolute atomic E-state index is 6.41. The van der Waals surface area contributed by atoms with Gasteiger partial charge in [0.2, 0.25) is 0 Å². The van der Waals surface area contributed by atoms with Crippen LogP contribution in [-0.2, 0) is 0 Å². The monoisotopic (exact) mass is 898 g/mol. The van der Waals surface area contributed by atoms with Crippen molar-refractivity contribution in [2.24, 2.45) is 0 Å². The van der Waals surface area contributed by atoms with Crippen LogP contribution in [0, 0.1) is 0 Å². The molecule has 1 aromatic heterocycles. The molecule has 15 rings (SSSR count). The van der Waals surface area contributed by atoms with E-state index in [9.17, 15) is 0 Å². The number of rotatable bonds is 5. The number of benzene rings is 14. The summed E-state index contributed by atoms with van der Waals surface area (Å²) in [6, 6.07) is 93.9. The second-order valence-electron chi connectivity index (χ2n) is 19.0. The van der Waals surface area contributed by atoms with Gasteiger partial charge in [-0.25, -0.2) is 0 Å². The van der Waals surface area contributed by atoms with E-state index in [0.717, 1.165) is 16.6 Å². The number of hydrogen-bond donors (Lipinski definition) is 0. The molecule has 1 heterocycles. The van der Waals surface area contributed by atoms with Crippen molar-refractivity contribution in [2.45, 2.75) is 0 Å². The van der Waals surface area contributed by atoms with Gasteiger partial charge in [-0.1, -0.05) is 224 Å². The zero-order valence-electron chi connectivity index (χ0n) is 38.7. The Morgan fingerprint density at radius 2 is 0.535 bits per heavy atom. The van der Waals surface area contributed by atoms with E-state index in [4.69, 9.17) is 4.42 Å². The fourth-order valence-corrected chi connectivity index (χ4v) is 12.2. The Kier molecular flexibility index (Phi) is 8.73.